The minimum absolute atomic E-state index is 0.128. The lowest BCUT2D eigenvalue weighted by atomic mass is 9.94. The number of carboxylic acids is 1. The highest BCUT2D eigenvalue weighted by atomic mass is 16.4. The maximum Gasteiger partial charge on any atom is 0.335 e. The van der Waals surface area contributed by atoms with Gasteiger partial charge in [0.2, 0.25) is 0 Å². The van der Waals surface area contributed by atoms with Gasteiger partial charge in [0, 0.05) is 23.7 Å². The van der Waals surface area contributed by atoms with Crippen LogP contribution in [0.25, 0.3) is 33.2 Å². The molecule has 1 aliphatic rings. The van der Waals surface area contributed by atoms with Crippen LogP contribution in [0.5, 0.6) is 0 Å². The van der Waals surface area contributed by atoms with E-state index in [1.165, 1.54) is 19.3 Å². The average molecular weight is 504 g/mol. The fraction of sp³-hybridized carbons (Fsp3) is 0.219. The molecule has 0 spiro atoms. The standard InChI is InChI=1S/C32H29N3O3/c36-31(33-20-25-9-6-8-21-7-4-5-12-27(21)25)23-15-13-22(14-16-23)30-34-28-19-24(32(37)38)17-18-29(28)35(30)26-10-2-1-3-11-26/h4-9,12-19,26H,1-3,10-11,20H2,(H,33,36)(H,37,38). The number of fused-ring (bicyclic) bond motifs is 2. The highest BCUT2D eigenvalue weighted by molar-refractivity contribution is 5.96. The van der Waals surface area contributed by atoms with Crippen molar-refractivity contribution >= 4 is 33.7 Å². The van der Waals surface area contributed by atoms with Gasteiger partial charge in [0.15, 0.2) is 0 Å². The molecule has 0 radical (unpaired) electrons. The Balaban J connectivity index is 1.28. The molecule has 5 aromatic rings. The molecular formula is C32H29N3O3. The van der Waals surface area contributed by atoms with E-state index in [-0.39, 0.29) is 11.5 Å². The topological polar surface area (TPSA) is 84.2 Å². The van der Waals surface area contributed by atoms with Crippen molar-refractivity contribution in [3.63, 3.8) is 0 Å². The number of carbonyl (C=O) groups excluding carboxylic acids is 1. The summed E-state index contributed by atoms with van der Waals surface area (Å²) in [4.78, 5) is 29.4. The van der Waals surface area contributed by atoms with E-state index in [1.54, 1.807) is 12.1 Å². The molecule has 1 heterocycles. The molecule has 4 aromatic carbocycles. The number of nitrogens with one attached hydrogen (secondary N) is 1. The van der Waals surface area contributed by atoms with Crippen molar-refractivity contribution < 1.29 is 14.7 Å². The van der Waals surface area contributed by atoms with E-state index in [9.17, 15) is 14.7 Å². The summed E-state index contributed by atoms with van der Waals surface area (Å²) >= 11 is 0. The summed E-state index contributed by atoms with van der Waals surface area (Å²) in [6.45, 7) is 0.450. The number of aromatic nitrogens is 2. The molecule has 1 aromatic heterocycles. The molecule has 1 fully saturated rings. The third-order valence-electron chi connectivity index (χ3n) is 7.60. The SMILES string of the molecule is O=C(O)c1ccc2c(c1)nc(-c1ccc(C(=O)NCc3cccc4ccccc34)cc1)n2C1CCCCC1. The number of nitrogens with zero attached hydrogens (tertiary/aromatic N) is 2. The number of rotatable bonds is 6. The molecule has 0 unspecified atom stereocenters. The van der Waals surface area contributed by atoms with Crippen LogP contribution in [0, 0.1) is 0 Å². The van der Waals surface area contributed by atoms with E-state index in [2.05, 4.69) is 28.1 Å². The van der Waals surface area contributed by atoms with Crippen LogP contribution in [0.3, 0.4) is 0 Å². The summed E-state index contributed by atoms with van der Waals surface area (Å²) < 4.78 is 2.27. The van der Waals surface area contributed by atoms with Crippen LogP contribution in [0.1, 0.15) is 64.4 Å². The lowest BCUT2D eigenvalue weighted by Gasteiger charge is -2.25. The molecule has 6 rings (SSSR count). The van der Waals surface area contributed by atoms with Crippen LogP contribution in [0.2, 0.25) is 0 Å². The van der Waals surface area contributed by atoms with Gasteiger partial charge >= 0.3 is 5.97 Å². The van der Waals surface area contributed by atoms with Crippen LogP contribution in [-0.4, -0.2) is 26.5 Å². The highest BCUT2D eigenvalue weighted by Gasteiger charge is 2.23. The Labute approximate surface area is 220 Å². The van der Waals surface area contributed by atoms with Gasteiger partial charge in [-0.3, -0.25) is 4.79 Å². The second-order valence-corrected chi connectivity index (χ2v) is 10.0. The van der Waals surface area contributed by atoms with Crippen molar-refractivity contribution in [2.24, 2.45) is 0 Å². The quantitative estimate of drug-likeness (QED) is 0.262. The Kier molecular flexibility index (Phi) is 6.38. The first-order valence-electron chi connectivity index (χ1n) is 13.2. The van der Waals surface area contributed by atoms with Gasteiger partial charge in [-0.25, -0.2) is 9.78 Å². The number of amides is 1. The van der Waals surface area contributed by atoms with Gasteiger partial charge in [0.1, 0.15) is 5.82 Å². The molecule has 38 heavy (non-hydrogen) atoms. The molecule has 0 aliphatic heterocycles. The summed E-state index contributed by atoms with van der Waals surface area (Å²) in [6.07, 6.45) is 5.74. The van der Waals surface area contributed by atoms with E-state index < -0.39 is 5.97 Å². The Morgan fingerprint density at radius 2 is 1.61 bits per heavy atom. The normalized spacial score (nSPS) is 14.1. The number of benzene rings is 4. The third-order valence-corrected chi connectivity index (χ3v) is 7.60. The van der Waals surface area contributed by atoms with Crippen molar-refractivity contribution in [2.75, 3.05) is 0 Å². The first-order valence-corrected chi connectivity index (χ1v) is 13.2. The number of hydrogen-bond donors (Lipinski definition) is 2. The van der Waals surface area contributed by atoms with Crippen LogP contribution >= 0.6 is 0 Å². The molecule has 0 bridgehead atoms. The predicted molar refractivity (Wildman–Crippen MR) is 149 cm³/mol. The Hall–Kier alpha value is -4.45. The third kappa shape index (κ3) is 4.54. The van der Waals surface area contributed by atoms with E-state index in [0.717, 1.165) is 46.1 Å². The zero-order chi connectivity index (χ0) is 26.1. The molecule has 2 N–H and O–H groups in total. The summed E-state index contributed by atoms with van der Waals surface area (Å²) in [5.41, 5.74) is 4.44. The molecule has 6 heteroatoms. The smallest absolute Gasteiger partial charge is 0.335 e. The number of hydrogen-bond acceptors (Lipinski definition) is 3. The highest BCUT2D eigenvalue weighted by Crippen LogP contribution is 2.36. The minimum Gasteiger partial charge on any atom is -0.478 e. The first kappa shape index (κ1) is 23.9. The van der Waals surface area contributed by atoms with Gasteiger partial charge in [0.25, 0.3) is 5.91 Å². The van der Waals surface area contributed by atoms with Gasteiger partial charge in [0.05, 0.1) is 16.6 Å². The summed E-state index contributed by atoms with van der Waals surface area (Å²) in [5, 5.41) is 14.8. The van der Waals surface area contributed by atoms with Gasteiger partial charge < -0.3 is 15.0 Å². The second-order valence-electron chi connectivity index (χ2n) is 10.0. The molecule has 6 nitrogen and oxygen atoms in total. The molecule has 0 saturated heterocycles. The summed E-state index contributed by atoms with van der Waals surface area (Å²) in [7, 11) is 0. The van der Waals surface area contributed by atoms with Crippen molar-refractivity contribution in [3.8, 4) is 11.4 Å². The maximum atomic E-state index is 13.0. The lowest BCUT2D eigenvalue weighted by Crippen LogP contribution is -2.22. The van der Waals surface area contributed by atoms with Gasteiger partial charge in [-0.2, -0.15) is 0 Å². The van der Waals surface area contributed by atoms with E-state index in [4.69, 9.17) is 4.98 Å². The molecule has 190 valence electrons. The largest absolute Gasteiger partial charge is 0.478 e. The van der Waals surface area contributed by atoms with Crippen LogP contribution in [-0.2, 0) is 6.54 Å². The van der Waals surface area contributed by atoms with Gasteiger partial charge in [-0.05, 0) is 59.5 Å². The Morgan fingerprint density at radius 1 is 0.868 bits per heavy atom. The zero-order valence-electron chi connectivity index (χ0n) is 21.1. The van der Waals surface area contributed by atoms with Crippen molar-refractivity contribution in [2.45, 2.75) is 44.7 Å². The average Bonchev–Trinajstić information content (AvgIpc) is 3.35. The van der Waals surface area contributed by atoms with Gasteiger partial charge in [-0.1, -0.05) is 73.9 Å². The fourth-order valence-corrected chi connectivity index (χ4v) is 5.64. The monoisotopic (exact) mass is 503 g/mol. The first-order chi connectivity index (χ1) is 18.6. The summed E-state index contributed by atoms with van der Waals surface area (Å²) in [5.74, 6) is -0.270. The minimum atomic E-state index is -0.959. The van der Waals surface area contributed by atoms with E-state index in [0.29, 0.717) is 23.7 Å². The van der Waals surface area contributed by atoms with E-state index >= 15 is 0 Å². The van der Waals surface area contributed by atoms with Crippen LogP contribution in [0.15, 0.2) is 84.9 Å². The Bertz CT molecular complexity index is 1640. The van der Waals surface area contributed by atoms with Crippen molar-refractivity contribution in [1.29, 1.82) is 0 Å². The van der Waals surface area contributed by atoms with E-state index in [1.807, 2.05) is 54.6 Å². The molecule has 0 atom stereocenters. The maximum absolute atomic E-state index is 13.0. The fourth-order valence-electron chi connectivity index (χ4n) is 5.64. The summed E-state index contributed by atoms with van der Waals surface area (Å²) in [6, 6.07) is 27.3. The molecule has 1 saturated carbocycles. The number of carboxylic acid groups (broad SMARTS) is 1. The number of imidazole rings is 1. The van der Waals surface area contributed by atoms with Crippen LogP contribution in [0.4, 0.5) is 0 Å². The number of carbonyl (C=O) groups is 2. The van der Waals surface area contributed by atoms with Gasteiger partial charge in [-0.15, -0.1) is 0 Å². The van der Waals surface area contributed by atoms with Crippen LogP contribution < -0.4 is 5.32 Å². The second kappa shape index (κ2) is 10.1. The van der Waals surface area contributed by atoms with Crippen molar-refractivity contribution in [1.82, 2.24) is 14.9 Å². The lowest BCUT2D eigenvalue weighted by molar-refractivity contribution is 0.0696. The predicted octanol–water partition coefficient (Wildman–Crippen LogP) is 6.99. The Morgan fingerprint density at radius 3 is 2.39 bits per heavy atom. The molecular weight excluding hydrogens is 474 g/mol. The van der Waals surface area contributed by atoms with Crippen molar-refractivity contribution in [3.05, 3.63) is 102 Å². The molecule has 1 aliphatic carbocycles. The number of aromatic carboxylic acids is 1. The molecule has 1 amide bonds. The zero-order valence-corrected chi connectivity index (χ0v) is 21.1.